The SMILES string of the molecule is CCOCCOc1c(F)cc(S(N)(=O)=O)cc1F. The van der Waals surface area contributed by atoms with Gasteiger partial charge in [0.15, 0.2) is 17.4 Å². The van der Waals surface area contributed by atoms with Gasteiger partial charge in [0.05, 0.1) is 11.5 Å². The van der Waals surface area contributed by atoms with Gasteiger partial charge in [-0.3, -0.25) is 0 Å². The molecule has 0 saturated carbocycles. The molecule has 1 aromatic carbocycles. The first-order chi connectivity index (χ1) is 8.36. The molecule has 5 nitrogen and oxygen atoms in total. The van der Waals surface area contributed by atoms with Gasteiger partial charge in [0.1, 0.15) is 6.61 Å². The Morgan fingerprint density at radius 2 is 1.78 bits per heavy atom. The highest BCUT2D eigenvalue weighted by molar-refractivity contribution is 7.89. The molecule has 0 fully saturated rings. The third-order valence-electron chi connectivity index (χ3n) is 1.98. The third kappa shape index (κ3) is 3.90. The lowest BCUT2D eigenvalue weighted by Crippen LogP contribution is -2.14. The summed E-state index contributed by atoms with van der Waals surface area (Å²) in [4.78, 5) is -0.644. The quantitative estimate of drug-likeness (QED) is 0.790. The molecule has 8 heteroatoms. The molecule has 0 aliphatic carbocycles. The second-order valence-electron chi connectivity index (χ2n) is 3.31. The van der Waals surface area contributed by atoms with Gasteiger partial charge in [-0.2, -0.15) is 0 Å². The molecule has 0 aliphatic rings. The van der Waals surface area contributed by atoms with Crippen molar-refractivity contribution in [3.63, 3.8) is 0 Å². The van der Waals surface area contributed by atoms with Crippen molar-refractivity contribution >= 4 is 10.0 Å². The normalized spacial score (nSPS) is 11.6. The molecule has 0 unspecified atom stereocenters. The molecule has 0 atom stereocenters. The van der Waals surface area contributed by atoms with Crippen LogP contribution in [-0.2, 0) is 14.8 Å². The molecule has 2 N–H and O–H groups in total. The lowest BCUT2D eigenvalue weighted by atomic mass is 10.3. The molecule has 0 aromatic heterocycles. The summed E-state index contributed by atoms with van der Waals surface area (Å²) in [5, 5.41) is 4.76. The van der Waals surface area contributed by atoms with Gasteiger partial charge < -0.3 is 9.47 Å². The van der Waals surface area contributed by atoms with Crippen LogP contribution >= 0.6 is 0 Å². The maximum Gasteiger partial charge on any atom is 0.238 e. The highest BCUT2D eigenvalue weighted by Crippen LogP contribution is 2.24. The summed E-state index contributed by atoms with van der Waals surface area (Å²) in [7, 11) is -4.15. The predicted octanol–water partition coefficient (Wildman–Crippen LogP) is 1.03. The van der Waals surface area contributed by atoms with Crippen molar-refractivity contribution in [2.45, 2.75) is 11.8 Å². The molecule has 0 radical (unpaired) electrons. The Kier molecular flexibility index (Phi) is 5.00. The van der Waals surface area contributed by atoms with E-state index in [1.807, 2.05) is 0 Å². The molecule has 0 aliphatic heterocycles. The fraction of sp³-hybridized carbons (Fsp3) is 0.400. The number of rotatable bonds is 6. The zero-order chi connectivity index (χ0) is 13.8. The van der Waals surface area contributed by atoms with Crippen LogP contribution in [0.25, 0.3) is 0 Å². The topological polar surface area (TPSA) is 78.6 Å². The second kappa shape index (κ2) is 6.07. The Morgan fingerprint density at radius 3 is 2.22 bits per heavy atom. The van der Waals surface area contributed by atoms with Crippen LogP contribution in [0, 0.1) is 11.6 Å². The van der Waals surface area contributed by atoms with E-state index in [-0.39, 0.29) is 13.2 Å². The van der Waals surface area contributed by atoms with Crippen LogP contribution < -0.4 is 9.88 Å². The largest absolute Gasteiger partial charge is 0.485 e. The molecular formula is C10H13F2NO4S. The summed E-state index contributed by atoms with van der Waals surface area (Å²) in [5.74, 6) is -2.91. The van der Waals surface area contributed by atoms with E-state index in [4.69, 9.17) is 14.6 Å². The van der Waals surface area contributed by atoms with E-state index in [0.717, 1.165) is 0 Å². The molecule has 0 spiro atoms. The Morgan fingerprint density at radius 1 is 1.22 bits per heavy atom. The summed E-state index contributed by atoms with van der Waals surface area (Å²) in [6, 6.07) is 1.21. The van der Waals surface area contributed by atoms with Gasteiger partial charge >= 0.3 is 0 Å². The summed E-state index contributed by atoms with van der Waals surface area (Å²) in [6.45, 7) is 2.35. The maximum atomic E-state index is 13.4. The Balaban J connectivity index is 2.88. The first-order valence-corrected chi connectivity index (χ1v) is 6.63. The van der Waals surface area contributed by atoms with Crippen LogP contribution in [0.5, 0.6) is 5.75 Å². The van der Waals surface area contributed by atoms with Crippen LogP contribution in [0.1, 0.15) is 6.92 Å². The molecule has 102 valence electrons. The molecular weight excluding hydrogens is 268 g/mol. The van der Waals surface area contributed by atoms with E-state index in [1.165, 1.54) is 0 Å². The standard InChI is InChI=1S/C10H13F2NO4S/c1-2-16-3-4-17-10-8(11)5-7(6-9(10)12)18(13,14)15/h5-6H,2-4H2,1H3,(H2,13,14,15). The monoisotopic (exact) mass is 281 g/mol. The zero-order valence-electron chi connectivity index (χ0n) is 9.65. The number of halogens is 2. The molecule has 0 saturated heterocycles. The molecule has 0 bridgehead atoms. The number of nitrogens with two attached hydrogens (primary N) is 1. The minimum Gasteiger partial charge on any atom is -0.485 e. The molecule has 0 amide bonds. The van der Waals surface area contributed by atoms with Crippen LogP contribution in [0.3, 0.4) is 0 Å². The van der Waals surface area contributed by atoms with Crippen LogP contribution in [0.2, 0.25) is 0 Å². The van der Waals surface area contributed by atoms with Gasteiger partial charge in [0.2, 0.25) is 10.0 Å². The Labute approximate surface area is 104 Å². The first-order valence-electron chi connectivity index (χ1n) is 5.08. The zero-order valence-corrected chi connectivity index (χ0v) is 10.5. The second-order valence-corrected chi connectivity index (χ2v) is 4.87. The van der Waals surface area contributed by atoms with Gasteiger partial charge in [-0.15, -0.1) is 0 Å². The van der Waals surface area contributed by atoms with Gasteiger partial charge in [0, 0.05) is 6.61 Å². The van der Waals surface area contributed by atoms with Crippen LogP contribution in [0.15, 0.2) is 17.0 Å². The van der Waals surface area contributed by atoms with Crippen molar-refractivity contribution in [2.75, 3.05) is 19.8 Å². The lowest BCUT2D eigenvalue weighted by Gasteiger charge is -2.09. The number of hydrogen-bond acceptors (Lipinski definition) is 4. The fourth-order valence-electron chi connectivity index (χ4n) is 1.19. The number of sulfonamides is 1. The number of benzene rings is 1. The van der Waals surface area contributed by atoms with Crippen molar-refractivity contribution in [3.05, 3.63) is 23.8 Å². The lowest BCUT2D eigenvalue weighted by molar-refractivity contribution is 0.106. The van der Waals surface area contributed by atoms with E-state index >= 15 is 0 Å². The predicted molar refractivity (Wildman–Crippen MR) is 59.7 cm³/mol. The molecule has 18 heavy (non-hydrogen) atoms. The smallest absolute Gasteiger partial charge is 0.238 e. The van der Waals surface area contributed by atoms with Crippen molar-refractivity contribution in [1.82, 2.24) is 0 Å². The van der Waals surface area contributed by atoms with Gasteiger partial charge in [0.25, 0.3) is 0 Å². The van der Waals surface area contributed by atoms with E-state index in [1.54, 1.807) is 6.92 Å². The minimum atomic E-state index is -4.15. The van der Waals surface area contributed by atoms with Gasteiger partial charge in [-0.25, -0.2) is 22.3 Å². The summed E-state index contributed by atoms with van der Waals surface area (Å²) >= 11 is 0. The fourth-order valence-corrected chi connectivity index (χ4v) is 1.72. The molecule has 1 rings (SSSR count). The minimum absolute atomic E-state index is 0.0452. The summed E-state index contributed by atoms with van der Waals surface area (Å²) < 4.78 is 58.5. The highest BCUT2D eigenvalue weighted by Gasteiger charge is 2.17. The number of hydrogen-bond donors (Lipinski definition) is 1. The van der Waals surface area contributed by atoms with Crippen molar-refractivity contribution < 1.29 is 26.7 Å². The first kappa shape index (κ1) is 14.8. The number of primary sulfonamides is 1. The number of ether oxygens (including phenoxy) is 2. The molecule has 1 aromatic rings. The summed E-state index contributed by atoms with van der Waals surface area (Å²) in [5.41, 5.74) is 0. The third-order valence-corrected chi connectivity index (χ3v) is 2.87. The molecule has 0 heterocycles. The van der Waals surface area contributed by atoms with Crippen LogP contribution in [0.4, 0.5) is 8.78 Å². The average molecular weight is 281 g/mol. The van der Waals surface area contributed by atoms with Crippen molar-refractivity contribution in [1.29, 1.82) is 0 Å². The summed E-state index contributed by atoms with van der Waals surface area (Å²) in [6.07, 6.45) is 0. The van der Waals surface area contributed by atoms with Crippen molar-refractivity contribution in [3.8, 4) is 5.75 Å². The van der Waals surface area contributed by atoms with E-state index in [0.29, 0.717) is 18.7 Å². The van der Waals surface area contributed by atoms with E-state index in [9.17, 15) is 17.2 Å². The highest BCUT2D eigenvalue weighted by atomic mass is 32.2. The Hall–Kier alpha value is -1.25. The maximum absolute atomic E-state index is 13.4. The van der Waals surface area contributed by atoms with Gasteiger partial charge in [-0.05, 0) is 19.1 Å². The van der Waals surface area contributed by atoms with Crippen molar-refractivity contribution in [2.24, 2.45) is 5.14 Å². The van der Waals surface area contributed by atoms with Crippen LogP contribution in [-0.4, -0.2) is 28.2 Å². The Bertz CT molecular complexity index is 496. The van der Waals surface area contributed by atoms with E-state index < -0.39 is 32.3 Å². The average Bonchev–Trinajstić information content (AvgIpc) is 2.25. The van der Waals surface area contributed by atoms with Gasteiger partial charge in [-0.1, -0.05) is 0 Å². The van der Waals surface area contributed by atoms with E-state index in [2.05, 4.69) is 0 Å².